The first-order valence-electron chi connectivity index (χ1n) is 13.5. The van der Waals surface area contributed by atoms with Gasteiger partial charge < -0.3 is 14.5 Å². The number of aliphatic carboxylic acids is 1. The number of carboxylic acid groups (broad SMARTS) is 1. The number of aromatic nitrogens is 1. The largest absolute Gasteiger partial charge is 0.481 e. The number of benzene rings is 3. The van der Waals surface area contributed by atoms with Crippen molar-refractivity contribution < 1.29 is 19.2 Å². The number of carboxylic acids is 1. The minimum atomic E-state index is -0.755. The van der Waals surface area contributed by atoms with Crippen LogP contribution in [0.5, 0.6) is 0 Å². The van der Waals surface area contributed by atoms with Crippen molar-refractivity contribution in [2.45, 2.75) is 50.5 Å². The summed E-state index contributed by atoms with van der Waals surface area (Å²) in [5.41, 5.74) is 5.93. The van der Waals surface area contributed by atoms with E-state index in [1.54, 1.807) is 0 Å². The quantitative estimate of drug-likeness (QED) is 0.278. The van der Waals surface area contributed by atoms with E-state index in [2.05, 4.69) is 24.2 Å². The Kier molecular flexibility index (Phi) is 6.13. The first-order chi connectivity index (χ1) is 18.8. The van der Waals surface area contributed by atoms with Gasteiger partial charge >= 0.3 is 5.97 Å². The lowest BCUT2D eigenvalue weighted by Gasteiger charge is -2.25. The molecule has 1 aromatic heterocycles. The Hall–Kier alpha value is -4.19. The Labute approximate surface area is 228 Å². The second-order valence-corrected chi connectivity index (χ2v) is 11.0. The van der Waals surface area contributed by atoms with E-state index in [4.69, 9.17) is 4.52 Å². The molecule has 6 heteroatoms. The molecule has 4 aromatic rings. The Morgan fingerprint density at radius 3 is 2.26 bits per heavy atom. The molecule has 6 rings (SSSR count). The first-order valence-corrected chi connectivity index (χ1v) is 13.5. The van der Waals surface area contributed by atoms with Gasteiger partial charge in [0.25, 0.3) is 0 Å². The molecule has 0 spiro atoms. The van der Waals surface area contributed by atoms with Gasteiger partial charge in [-0.15, -0.1) is 0 Å². The molecule has 2 aliphatic carbocycles. The fourth-order valence-corrected chi connectivity index (χ4v) is 5.85. The fourth-order valence-electron chi connectivity index (χ4n) is 5.85. The minimum Gasteiger partial charge on any atom is -0.481 e. The standard InChI is InChI=1S/C33H32N2O4/c1-20-29(27-19-28(27)31(36)35(3)21(2)22-9-5-4-6-10-22)30(39-34-20)26-12-8-7-11-25(26)23-13-15-24(16-14-23)33(17-18-33)32(37)38/h4-16,21,27-28H,17-19H2,1-3H3,(H,37,38)/t21-,27?,28?/m1/s1. The van der Waals surface area contributed by atoms with Gasteiger partial charge in [0.15, 0.2) is 5.76 Å². The lowest BCUT2D eigenvalue weighted by Crippen LogP contribution is -2.31. The van der Waals surface area contributed by atoms with E-state index < -0.39 is 11.4 Å². The lowest BCUT2D eigenvalue weighted by atomic mass is 9.91. The molecule has 2 unspecified atom stereocenters. The van der Waals surface area contributed by atoms with E-state index in [0.717, 1.165) is 45.5 Å². The summed E-state index contributed by atoms with van der Waals surface area (Å²) < 4.78 is 5.92. The zero-order valence-corrected chi connectivity index (χ0v) is 22.4. The van der Waals surface area contributed by atoms with Crippen LogP contribution in [0.4, 0.5) is 0 Å². The number of carbonyl (C=O) groups excluding carboxylic acids is 1. The molecule has 0 bridgehead atoms. The molecule has 2 aliphatic rings. The lowest BCUT2D eigenvalue weighted by molar-refractivity contribution is -0.140. The van der Waals surface area contributed by atoms with Crippen molar-refractivity contribution in [2.24, 2.45) is 5.92 Å². The van der Waals surface area contributed by atoms with E-state index in [1.807, 2.05) is 85.6 Å². The molecule has 1 heterocycles. The van der Waals surface area contributed by atoms with Crippen molar-refractivity contribution in [1.29, 1.82) is 0 Å². The SMILES string of the molecule is Cc1noc(-c2ccccc2-c2ccc(C3(C(=O)O)CC3)cc2)c1C1CC1C(=O)N(C)[C@H](C)c1ccccc1. The van der Waals surface area contributed by atoms with Crippen LogP contribution in [0.25, 0.3) is 22.5 Å². The number of amides is 1. The minimum absolute atomic E-state index is 0.0115. The summed E-state index contributed by atoms with van der Waals surface area (Å²) in [5, 5.41) is 14.0. The van der Waals surface area contributed by atoms with Crippen LogP contribution in [0.1, 0.15) is 60.5 Å². The van der Waals surface area contributed by atoms with E-state index in [0.29, 0.717) is 18.6 Å². The number of hydrogen-bond donors (Lipinski definition) is 1. The van der Waals surface area contributed by atoms with Crippen LogP contribution in [0.3, 0.4) is 0 Å². The summed E-state index contributed by atoms with van der Waals surface area (Å²) in [5.74, 6) is 0.0459. The Morgan fingerprint density at radius 2 is 1.62 bits per heavy atom. The molecular weight excluding hydrogens is 488 g/mol. The van der Waals surface area contributed by atoms with Crippen molar-refractivity contribution in [3.8, 4) is 22.5 Å². The fraction of sp³-hybridized carbons (Fsp3) is 0.303. The molecule has 2 saturated carbocycles. The summed E-state index contributed by atoms with van der Waals surface area (Å²) in [4.78, 5) is 27.1. The van der Waals surface area contributed by atoms with Gasteiger partial charge in [-0.25, -0.2) is 0 Å². The van der Waals surface area contributed by atoms with Gasteiger partial charge in [-0.3, -0.25) is 9.59 Å². The number of hydrogen-bond acceptors (Lipinski definition) is 4. The molecule has 0 radical (unpaired) electrons. The highest BCUT2D eigenvalue weighted by molar-refractivity contribution is 5.88. The van der Waals surface area contributed by atoms with Gasteiger partial charge in [0.05, 0.1) is 17.2 Å². The topological polar surface area (TPSA) is 83.6 Å². The predicted molar refractivity (Wildman–Crippen MR) is 149 cm³/mol. The van der Waals surface area contributed by atoms with Crippen LogP contribution >= 0.6 is 0 Å². The molecule has 6 nitrogen and oxygen atoms in total. The number of nitrogens with zero attached hydrogens (tertiary/aromatic N) is 2. The van der Waals surface area contributed by atoms with Gasteiger partial charge in [-0.1, -0.05) is 84.0 Å². The molecule has 3 atom stereocenters. The molecule has 0 saturated heterocycles. The molecular formula is C33H32N2O4. The summed E-state index contributed by atoms with van der Waals surface area (Å²) in [6.45, 7) is 4.00. The second kappa shape index (κ2) is 9.53. The highest BCUT2D eigenvalue weighted by Crippen LogP contribution is 2.54. The average Bonchev–Trinajstić information content (AvgIpc) is 3.90. The zero-order valence-electron chi connectivity index (χ0n) is 22.4. The molecule has 1 amide bonds. The van der Waals surface area contributed by atoms with E-state index in [9.17, 15) is 14.7 Å². The molecule has 198 valence electrons. The third-order valence-corrected chi connectivity index (χ3v) is 8.68. The molecule has 3 aromatic carbocycles. The normalized spacial score (nSPS) is 19.8. The Bertz CT molecular complexity index is 1540. The zero-order chi connectivity index (χ0) is 27.3. The maximum Gasteiger partial charge on any atom is 0.314 e. The first kappa shape index (κ1) is 25.1. The van der Waals surface area contributed by atoms with Crippen molar-refractivity contribution in [3.05, 3.63) is 101 Å². The van der Waals surface area contributed by atoms with Gasteiger partial charge in [0.1, 0.15) is 0 Å². The monoisotopic (exact) mass is 520 g/mol. The highest BCUT2D eigenvalue weighted by Gasteiger charge is 2.52. The maximum absolute atomic E-state index is 13.5. The number of rotatable bonds is 8. The number of aryl methyl sites for hydroxylation is 1. The van der Waals surface area contributed by atoms with Crippen LogP contribution < -0.4 is 0 Å². The van der Waals surface area contributed by atoms with Crippen LogP contribution in [-0.2, 0) is 15.0 Å². The summed E-state index contributed by atoms with van der Waals surface area (Å²) >= 11 is 0. The average molecular weight is 521 g/mol. The smallest absolute Gasteiger partial charge is 0.314 e. The second-order valence-electron chi connectivity index (χ2n) is 11.0. The third-order valence-electron chi connectivity index (χ3n) is 8.68. The Balaban J connectivity index is 1.27. The van der Waals surface area contributed by atoms with Gasteiger partial charge in [-0.05, 0) is 55.4 Å². The van der Waals surface area contributed by atoms with Crippen LogP contribution in [-0.4, -0.2) is 34.1 Å². The molecule has 39 heavy (non-hydrogen) atoms. The third kappa shape index (κ3) is 4.34. The molecule has 1 N–H and O–H groups in total. The number of carbonyl (C=O) groups is 2. The maximum atomic E-state index is 13.5. The van der Waals surface area contributed by atoms with Gasteiger partial charge in [0, 0.05) is 30.0 Å². The summed E-state index contributed by atoms with van der Waals surface area (Å²) in [6.07, 6.45) is 2.13. The van der Waals surface area contributed by atoms with Crippen LogP contribution in [0.15, 0.2) is 83.4 Å². The van der Waals surface area contributed by atoms with Gasteiger partial charge in [-0.2, -0.15) is 0 Å². The van der Waals surface area contributed by atoms with Crippen LogP contribution in [0.2, 0.25) is 0 Å². The molecule has 2 fully saturated rings. The summed E-state index contributed by atoms with van der Waals surface area (Å²) in [6, 6.07) is 25.9. The molecule has 0 aliphatic heterocycles. The predicted octanol–water partition coefficient (Wildman–Crippen LogP) is 6.76. The highest BCUT2D eigenvalue weighted by atomic mass is 16.5. The van der Waals surface area contributed by atoms with Crippen LogP contribution in [0, 0.1) is 12.8 Å². The van der Waals surface area contributed by atoms with Crippen molar-refractivity contribution in [1.82, 2.24) is 10.1 Å². The van der Waals surface area contributed by atoms with Crippen molar-refractivity contribution in [2.75, 3.05) is 7.05 Å². The summed E-state index contributed by atoms with van der Waals surface area (Å²) in [7, 11) is 1.88. The van der Waals surface area contributed by atoms with E-state index in [1.165, 1.54) is 0 Å². The van der Waals surface area contributed by atoms with E-state index in [-0.39, 0.29) is 23.8 Å². The Morgan fingerprint density at radius 1 is 0.974 bits per heavy atom. The van der Waals surface area contributed by atoms with Crippen molar-refractivity contribution >= 4 is 11.9 Å². The van der Waals surface area contributed by atoms with E-state index >= 15 is 0 Å². The van der Waals surface area contributed by atoms with Gasteiger partial charge in [0.2, 0.25) is 5.91 Å². The van der Waals surface area contributed by atoms with Crippen molar-refractivity contribution in [3.63, 3.8) is 0 Å².